The van der Waals surface area contributed by atoms with Gasteiger partial charge in [0.2, 0.25) is 0 Å². The van der Waals surface area contributed by atoms with Crippen molar-refractivity contribution in [2.24, 2.45) is 0 Å². The minimum Gasteiger partial charge on any atom is -0.445 e. The van der Waals surface area contributed by atoms with Gasteiger partial charge in [-0.3, -0.25) is 0 Å². The molecule has 1 aromatic carbocycles. The van der Waals surface area contributed by atoms with E-state index in [4.69, 9.17) is 4.74 Å². The summed E-state index contributed by atoms with van der Waals surface area (Å²) in [6.45, 7) is 1.31. The zero-order valence-corrected chi connectivity index (χ0v) is 9.43. The molecule has 1 heterocycles. The van der Waals surface area contributed by atoms with E-state index in [0.29, 0.717) is 13.1 Å². The summed E-state index contributed by atoms with van der Waals surface area (Å²) in [7, 11) is 0. The number of carbonyl (C=O) groups excluding carboxylic acids is 1. The molecule has 2 rings (SSSR count). The van der Waals surface area contributed by atoms with Gasteiger partial charge in [0.25, 0.3) is 0 Å². The third kappa shape index (κ3) is 3.44. The van der Waals surface area contributed by atoms with E-state index in [1.54, 1.807) is 0 Å². The van der Waals surface area contributed by atoms with Crippen LogP contribution < -0.4 is 10.6 Å². The van der Waals surface area contributed by atoms with Crippen LogP contribution >= 0.6 is 0 Å². The highest BCUT2D eigenvalue weighted by Gasteiger charge is 2.26. The number of hydrogen-bond acceptors (Lipinski definition) is 4. The predicted octanol–water partition coefficient (Wildman–Crippen LogP) is 0.245. The molecule has 1 fully saturated rings. The number of nitrogens with one attached hydrogen (secondary N) is 2. The Morgan fingerprint density at radius 1 is 1.41 bits per heavy atom. The first-order valence-electron chi connectivity index (χ1n) is 5.61. The molecule has 92 valence electrons. The van der Waals surface area contributed by atoms with Gasteiger partial charge in [-0.05, 0) is 5.56 Å². The summed E-state index contributed by atoms with van der Waals surface area (Å²) in [5.74, 6) is 0. The number of benzene rings is 1. The number of β-amino-alcohol motifs (C(OH)–C–C–N with tert-alkyl or cyclic N) is 1. The van der Waals surface area contributed by atoms with Gasteiger partial charge in [0.1, 0.15) is 6.61 Å². The normalized spacial score (nSPS) is 23.4. The van der Waals surface area contributed by atoms with Gasteiger partial charge >= 0.3 is 6.09 Å². The summed E-state index contributed by atoms with van der Waals surface area (Å²) in [5.41, 5.74) is 0.938. The van der Waals surface area contributed by atoms with Crippen molar-refractivity contribution in [1.29, 1.82) is 0 Å². The Morgan fingerprint density at radius 2 is 2.18 bits per heavy atom. The van der Waals surface area contributed by atoms with Gasteiger partial charge in [0.05, 0.1) is 12.1 Å². The third-order valence-corrected chi connectivity index (χ3v) is 2.70. The molecule has 0 unspecified atom stereocenters. The number of amides is 1. The molecular formula is C12H16N2O3. The number of ether oxygens (including phenoxy) is 1. The Balaban J connectivity index is 1.74. The van der Waals surface area contributed by atoms with Gasteiger partial charge in [-0.15, -0.1) is 0 Å². The van der Waals surface area contributed by atoms with Crippen molar-refractivity contribution in [3.63, 3.8) is 0 Å². The standard InChI is InChI=1S/C12H16N2O3/c15-11-7-13-6-10(11)14-12(16)17-8-9-4-2-1-3-5-9/h1-5,10-11,13,15H,6-8H2,(H,14,16)/t10-,11-/m1/s1. The van der Waals surface area contributed by atoms with Crippen LogP contribution in [0.5, 0.6) is 0 Å². The molecule has 1 saturated heterocycles. The number of alkyl carbamates (subject to hydrolysis) is 1. The highest BCUT2D eigenvalue weighted by atomic mass is 16.5. The molecule has 5 nitrogen and oxygen atoms in total. The van der Waals surface area contributed by atoms with E-state index in [-0.39, 0.29) is 12.6 Å². The fourth-order valence-corrected chi connectivity index (χ4v) is 1.73. The Bertz CT molecular complexity index is 369. The monoisotopic (exact) mass is 236 g/mol. The molecule has 17 heavy (non-hydrogen) atoms. The van der Waals surface area contributed by atoms with Crippen molar-refractivity contribution in [3.05, 3.63) is 35.9 Å². The van der Waals surface area contributed by atoms with Gasteiger partial charge in [-0.2, -0.15) is 0 Å². The second-order valence-electron chi connectivity index (χ2n) is 4.04. The van der Waals surface area contributed by atoms with Crippen LogP contribution in [-0.4, -0.2) is 36.4 Å². The van der Waals surface area contributed by atoms with Gasteiger partial charge in [-0.25, -0.2) is 4.79 Å². The van der Waals surface area contributed by atoms with Crippen LogP contribution in [0, 0.1) is 0 Å². The largest absolute Gasteiger partial charge is 0.445 e. The maximum atomic E-state index is 11.4. The molecule has 0 bridgehead atoms. The number of hydrogen-bond donors (Lipinski definition) is 3. The molecule has 1 aromatic rings. The topological polar surface area (TPSA) is 70.6 Å². The van der Waals surface area contributed by atoms with Crippen LogP contribution in [0.25, 0.3) is 0 Å². The van der Waals surface area contributed by atoms with Crippen molar-refractivity contribution >= 4 is 6.09 Å². The van der Waals surface area contributed by atoms with Crippen LogP contribution in [0.15, 0.2) is 30.3 Å². The predicted molar refractivity (Wildman–Crippen MR) is 62.4 cm³/mol. The Kier molecular flexibility index (Phi) is 3.95. The zero-order valence-electron chi connectivity index (χ0n) is 9.43. The van der Waals surface area contributed by atoms with Crippen molar-refractivity contribution in [1.82, 2.24) is 10.6 Å². The molecule has 0 saturated carbocycles. The fourth-order valence-electron chi connectivity index (χ4n) is 1.73. The smallest absolute Gasteiger partial charge is 0.407 e. The van der Waals surface area contributed by atoms with Crippen molar-refractivity contribution in [2.75, 3.05) is 13.1 Å². The summed E-state index contributed by atoms with van der Waals surface area (Å²) in [4.78, 5) is 11.4. The number of carbonyl (C=O) groups is 1. The van der Waals surface area contributed by atoms with Crippen LogP contribution in [-0.2, 0) is 11.3 Å². The molecule has 0 aromatic heterocycles. The Morgan fingerprint density at radius 3 is 2.82 bits per heavy atom. The fraction of sp³-hybridized carbons (Fsp3) is 0.417. The van der Waals surface area contributed by atoms with Crippen LogP contribution in [0.2, 0.25) is 0 Å². The van der Waals surface area contributed by atoms with Crippen molar-refractivity contribution in [2.45, 2.75) is 18.8 Å². The molecule has 5 heteroatoms. The van der Waals surface area contributed by atoms with Crippen molar-refractivity contribution in [3.8, 4) is 0 Å². The summed E-state index contributed by atoms with van der Waals surface area (Å²) >= 11 is 0. The van der Waals surface area contributed by atoms with Gasteiger partial charge < -0.3 is 20.5 Å². The second kappa shape index (κ2) is 5.65. The van der Waals surface area contributed by atoms with Crippen LogP contribution in [0.3, 0.4) is 0 Å². The van der Waals surface area contributed by atoms with E-state index in [2.05, 4.69) is 10.6 Å². The summed E-state index contributed by atoms with van der Waals surface area (Å²) in [6, 6.07) is 9.20. The maximum Gasteiger partial charge on any atom is 0.407 e. The lowest BCUT2D eigenvalue weighted by molar-refractivity contribution is 0.118. The van der Waals surface area contributed by atoms with Crippen LogP contribution in [0.1, 0.15) is 5.56 Å². The number of rotatable bonds is 3. The van der Waals surface area contributed by atoms with Crippen LogP contribution in [0.4, 0.5) is 4.79 Å². The summed E-state index contributed by atoms with van der Waals surface area (Å²) in [6.07, 6.45) is -1.04. The molecule has 0 aliphatic carbocycles. The van der Waals surface area contributed by atoms with E-state index < -0.39 is 12.2 Å². The quantitative estimate of drug-likeness (QED) is 0.703. The van der Waals surface area contributed by atoms with Gasteiger partial charge in [-0.1, -0.05) is 30.3 Å². The molecule has 0 spiro atoms. The lowest BCUT2D eigenvalue weighted by Gasteiger charge is -2.15. The Labute approximate surface area is 99.8 Å². The minimum atomic E-state index is -0.542. The highest BCUT2D eigenvalue weighted by Crippen LogP contribution is 2.02. The average molecular weight is 236 g/mol. The molecular weight excluding hydrogens is 220 g/mol. The van der Waals surface area contributed by atoms with Gasteiger partial charge in [0, 0.05) is 13.1 Å². The molecule has 2 atom stereocenters. The first-order valence-corrected chi connectivity index (χ1v) is 5.61. The SMILES string of the molecule is O=C(N[C@@H]1CNC[C@H]1O)OCc1ccccc1. The molecule has 1 aliphatic rings. The summed E-state index contributed by atoms with van der Waals surface area (Å²) in [5, 5.41) is 15.1. The first-order chi connectivity index (χ1) is 8.25. The molecule has 1 amide bonds. The van der Waals surface area contributed by atoms with E-state index in [1.807, 2.05) is 30.3 Å². The molecule has 0 radical (unpaired) electrons. The first kappa shape index (κ1) is 11.9. The number of aliphatic hydroxyl groups is 1. The lowest BCUT2D eigenvalue weighted by Crippen LogP contribution is -2.42. The van der Waals surface area contributed by atoms with E-state index in [1.165, 1.54) is 0 Å². The van der Waals surface area contributed by atoms with E-state index in [9.17, 15) is 9.90 Å². The van der Waals surface area contributed by atoms with Gasteiger partial charge in [0.15, 0.2) is 0 Å². The number of aliphatic hydroxyl groups excluding tert-OH is 1. The third-order valence-electron chi connectivity index (χ3n) is 2.70. The lowest BCUT2D eigenvalue weighted by atomic mass is 10.2. The van der Waals surface area contributed by atoms with E-state index >= 15 is 0 Å². The minimum absolute atomic E-state index is 0.239. The average Bonchev–Trinajstić information content (AvgIpc) is 2.74. The zero-order chi connectivity index (χ0) is 12.1. The van der Waals surface area contributed by atoms with Crippen molar-refractivity contribution < 1.29 is 14.6 Å². The molecule has 3 N–H and O–H groups in total. The maximum absolute atomic E-state index is 11.4. The summed E-state index contributed by atoms with van der Waals surface area (Å²) < 4.78 is 5.05. The Hall–Kier alpha value is -1.59. The molecule has 1 aliphatic heterocycles. The second-order valence-corrected chi connectivity index (χ2v) is 4.04. The van der Waals surface area contributed by atoms with E-state index in [0.717, 1.165) is 5.56 Å². The highest BCUT2D eigenvalue weighted by molar-refractivity contribution is 5.67.